The lowest BCUT2D eigenvalue weighted by molar-refractivity contribution is -0.128. The fraction of sp³-hybridized carbons (Fsp3) is 0.889. The van der Waals surface area contributed by atoms with Gasteiger partial charge >= 0.3 is 0 Å². The first kappa shape index (κ1) is 9.52. The quantitative estimate of drug-likeness (QED) is 0.653. The van der Waals surface area contributed by atoms with Crippen molar-refractivity contribution in [2.24, 2.45) is 5.92 Å². The molecule has 1 rings (SSSR count). The molecule has 3 heteroatoms. The highest BCUT2D eigenvalue weighted by Gasteiger charge is 2.25. The monoisotopic (exact) mass is 171 g/mol. The largest absolute Gasteiger partial charge is 0.396 e. The van der Waals surface area contributed by atoms with E-state index < -0.39 is 0 Å². The molecule has 1 aliphatic carbocycles. The van der Waals surface area contributed by atoms with Gasteiger partial charge in [-0.1, -0.05) is 6.42 Å². The van der Waals surface area contributed by atoms with Gasteiger partial charge in [0.15, 0.2) is 0 Å². The van der Waals surface area contributed by atoms with Gasteiger partial charge in [-0.2, -0.15) is 0 Å². The summed E-state index contributed by atoms with van der Waals surface area (Å²) in [5.74, 6) is 0.424. The summed E-state index contributed by atoms with van der Waals surface area (Å²) in [6.45, 7) is 2.07. The van der Waals surface area contributed by atoms with Crippen molar-refractivity contribution in [3.8, 4) is 0 Å². The highest BCUT2D eigenvalue weighted by molar-refractivity contribution is 5.79. The van der Waals surface area contributed by atoms with E-state index in [1.807, 2.05) is 6.92 Å². The summed E-state index contributed by atoms with van der Waals surface area (Å²) in [6, 6.07) is 0.114. The summed E-state index contributed by atoms with van der Waals surface area (Å²) >= 11 is 0. The lowest BCUT2D eigenvalue weighted by Gasteiger charge is -2.25. The zero-order chi connectivity index (χ0) is 8.97. The molecular weight excluding hydrogens is 154 g/mol. The predicted octanol–water partition coefficient (Wildman–Crippen LogP) is 0.674. The minimum Gasteiger partial charge on any atom is -0.396 e. The van der Waals surface area contributed by atoms with Gasteiger partial charge in [0.2, 0.25) is 5.91 Å². The molecule has 70 valence electrons. The van der Waals surface area contributed by atoms with Crippen LogP contribution in [-0.2, 0) is 4.79 Å². The SMILES string of the molecule is CC(CCO)NC(=O)C1CCC1. The Hall–Kier alpha value is -0.570. The Kier molecular flexibility index (Phi) is 3.53. The third-order valence-corrected chi connectivity index (χ3v) is 2.43. The minimum atomic E-state index is 0.114. The van der Waals surface area contributed by atoms with Crippen LogP contribution in [0.1, 0.15) is 32.6 Å². The van der Waals surface area contributed by atoms with Gasteiger partial charge in [0, 0.05) is 18.6 Å². The number of carbonyl (C=O) groups excluding carboxylic acids is 1. The molecule has 0 aromatic carbocycles. The van der Waals surface area contributed by atoms with E-state index in [0.29, 0.717) is 6.42 Å². The molecule has 0 bridgehead atoms. The van der Waals surface area contributed by atoms with E-state index in [1.165, 1.54) is 6.42 Å². The first-order valence-electron chi connectivity index (χ1n) is 4.65. The molecule has 0 spiro atoms. The number of aliphatic hydroxyl groups excluding tert-OH is 1. The van der Waals surface area contributed by atoms with Crippen molar-refractivity contribution in [1.29, 1.82) is 0 Å². The second-order valence-corrected chi connectivity index (χ2v) is 3.55. The number of aliphatic hydroxyl groups is 1. The third kappa shape index (κ3) is 2.48. The molecule has 0 heterocycles. The van der Waals surface area contributed by atoms with Crippen molar-refractivity contribution in [3.63, 3.8) is 0 Å². The molecule has 3 nitrogen and oxygen atoms in total. The number of amides is 1. The maximum absolute atomic E-state index is 11.3. The topological polar surface area (TPSA) is 49.3 Å². The normalized spacial score (nSPS) is 19.8. The van der Waals surface area contributed by atoms with Crippen molar-refractivity contribution in [2.45, 2.75) is 38.6 Å². The van der Waals surface area contributed by atoms with E-state index in [0.717, 1.165) is 12.8 Å². The van der Waals surface area contributed by atoms with Crippen molar-refractivity contribution in [2.75, 3.05) is 6.61 Å². The van der Waals surface area contributed by atoms with Gasteiger partial charge < -0.3 is 10.4 Å². The van der Waals surface area contributed by atoms with E-state index in [-0.39, 0.29) is 24.5 Å². The zero-order valence-electron chi connectivity index (χ0n) is 7.55. The van der Waals surface area contributed by atoms with E-state index in [9.17, 15) is 4.79 Å². The molecule has 0 saturated heterocycles. The Morgan fingerprint density at radius 3 is 2.75 bits per heavy atom. The first-order chi connectivity index (χ1) is 5.74. The molecule has 1 saturated carbocycles. The van der Waals surface area contributed by atoms with Crippen LogP contribution >= 0.6 is 0 Å². The summed E-state index contributed by atoms with van der Waals surface area (Å²) in [5.41, 5.74) is 0. The van der Waals surface area contributed by atoms with Crippen LogP contribution in [0.3, 0.4) is 0 Å². The van der Waals surface area contributed by atoms with Crippen molar-refractivity contribution in [1.82, 2.24) is 5.32 Å². The van der Waals surface area contributed by atoms with Gasteiger partial charge in [0.1, 0.15) is 0 Å². The van der Waals surface area contributed by atoms with Gasteiger partial charge in [-0.25, -0.2) is 0 Å². The average Bonchev–Trinajstić information content (AvgIpc) is 1.82. The number of hydrogen-bond acceptors (Lipinski definition) is 2. The van der Waals surface area contributed by atoms with Gasteiger partial charge in [-0.05, 0) is 26.2 Å². The molecule has 0 aliphatic heterocycles. The summed E-state index contributed by atoms with van der Waals surface area (Å²) in [5, 5.41) is 11.5. The van der Waals surface area contributed by atoms with Crippen LogP contribution in [-0.4, -0.2) is 23.7 Å². The summed E-state index contributed by atoms with van der Waals surface area (Å²) < 4.78 is 0. The Balaban J connectivity index is 2.15. The molecule has 12 heavy (non-hydrogen) atoms. The Morgan fingerprint density at radius 1 is 1.67 bits per heavy atom. The predicted molar refractivity (Wildman–Crippen MR) is 46.6 cm³/mol. The van der Waals surface area contributed by atoms with E-state index in [1.54, 1.807) is 0 Å². The molecular formula is C9H17NO2. The molecule has 0 radical (unpaired) electrons. The van der Waals surface area contributed by atoms with Gasteiger partial charge in [0.05, 0.1) is 0 Å². The van der Waals surface area contributed by atoms with Crippen LogP contribution in [0.15, 0.2) is 0 Å². The molecule has 1 unspecified atom stereocenters. The van der Waals surface area contributed by atoms with Crippen LogP contribution in [0.5, 0.6) is 0 Å². The standard InChI is InChI=1S/C9H17NO2/c1-7(5-6-11)10-9(12)8-3-2-4-8/h7-8,11H,2-6H2,1H3,(H,10,12). The molecule has 0 aromatic rings. The van der Waals surface area contributed by atoms with Crippen LogP contribution in [0.4, 0.5) is 0 Å². The van der Waals surface area contributed by atoms with E-state index in [2.05, 4.69) is 5.32 Å². The van der Waals surface area contributed by atoms with Crippen LogP contribution in [0.2, 0.25) is 0 Å². The molecule has 1 fully saturated rings. The fourth-order valence-corrected chi connectivity index (χ4v) is 1.30. The van der Waals surface area contributed by atoms with Gasteiger partial charge in [-0.3, -0.25) is 4.79 Å². The Morgan fingerprint density at radius 2 is 2.33 bits per heavy atom. The smallest absolute Gasteiger partial charge is 0.223 e. The third-order valence-electron chi connectivity index (χ3n) is 2.43. The lowest BCUT2D eigenvalue weighted by Crippen LogP contribution is -2.40. The maximum atomic E-state index is 11.3. The number of rotatable bonds is 4. The summed E-state index contributed by atoms with van der Waals surface area (Å²) in [4.78, 5) is 11.3. The second kappa shape index (κ2) is 4.45. The molecule has 1 amide bonds. The van der Waals surface area contributed by atoms with Crippen molar-refractivity contribution < 1.29 is 9.90 Å². The lowest BCUT2D eigenvalue weighted by atomic mass is 9.84. The van der Waals surface area contributed by atoms with Crippen LogP contribution < -0.4 is 5.32 Å². The Labute approximate surface area is 73.2 Å². The maximum Gasteiger partial charge on any atom is 0.223 e. The molecule has 0 aromatic heterocycles. The first-order valence-corrected chi connectivity index (χ1v) is 4.65. The highest BCUT2D eigenvalue weighted by atomic mass is 16.3. The van der Waals surface area contributed by atoms with Crippen molar-refractivity contribution in [3.05, 3.63) is 0 Å². The number of carbonyl (C=O) groups is 1. The minimum absolute atomic E-state index is 0.114. The van der Waals surface area contributed by atoms with Gasteiger partial charge in [0.25, 0.3) is 0 Å². The van der Waals surface area contributed by atoms with E-state index in [4.69, 9.17) is 5.11 Å². The molecule has 2 N–H and O–H groups in total. The fourth-order valence-electron chi connectivity index (χ4n) is 1.30. The summed E-state index contributed by atoms with van der Waals surface area (Å²) in [6.07, 6.45) is 3.92. The average molecular weight is 171 g/mol. The summed E-state index contributed by atoms with van der Waals surface area (Å²) in [7, 11) is 0. The zero-order valence-corrected chi connectivity index (χ0v) is 7.55. The van der Waals surface area contributed by atoms with Crippen molar-refractivity contribution >= 4 is 5.91 Å². The van der Waals surface area contributed by atoms with Gasteiger partial charge in [-0.15, -0.1) is 0 Å². The Bertz CT molecular complexity index is 155. The highest BCUT2D eigenvalue weighted by Crippen LogP contribution is 2.26. The second-order valence-electron chi connectivity index (χ2n) is 3.55. The van der Waals surface area contributed by atoms with Crippen LogP contribution in [0, 0.1) is 5.92 Å². The number of nitrogens with one attached hydrogen (secondary N) is 1. The number of hydrogen-bond donors (Lipinski definition) is 2. The van der Waals surface area contributed by atoms with E-state index >= 15 is 0 Å². The van der Waals surface area contributed by atoms with Crippen LogP contribution in [0.25, 0.3) is 0 Å². The molecule has 1 aliphatic rings. The molecule has 1 atom stereocenters.